The van der Waals surface area contributed by atoms with Crippen LogP contribution < -0.4 is 26.6 Å². The molecule has 1 aliphatic heterocycles. The maximum Gasteiger partial charge on any atom is 0.339 e. The molecule has 52 heavy (non-hydrogen) atoms. The van der Waals surface area contributed by atoms with Crippen LogP contribution in [0.2, 0.25) is 0 Å². The number of amides is 4. The van der Waals surface area contributed by atoms with Crippen molar-refractivity contribution < 1.29 is 37.1 Å². The van der Waals surface area contributed by atoms with Gasteiger partial charge in [-0.2, -0.15) is 12.6 Å². The first-order valence-electron chi connectivity index (χ1n) is 17.3. The molecule has 1 aliphatic rings. The van der Waals surface area contributed by atoms with Crippen molar-refractivity contribution in [2.45, 2.75) is 56.3 Å². The lowest BCUT2D eigenvalue weighted by molar-refractivity contribution is -0.134. The van der Waals surface area contributed by atoms with E-state index in [0.29, 0.717) is 46.6 Å². The minimum Gasteiger partial charge on any atom is -0.457 e. The van der Waals surface area contributed by atoms with Crippen molar-refractivity contribution in [3.8, 4) is 0 Å². The molecule has 1 heterocycles. The van der Waals surface area contributed by atoms with Gasteiger partial charge in [-0.05, 0) is 48.2 Å². The number of unbranched alkanes of at least 4 members (excludes halogenated alkanes) is 7. The highest BCUT2D eigenvalue weighted by Gasteiger charge is 2.27. The quantitative estimate of drug-likeness (QED) is 0.0563. The van der Waals surface area contributed by atoms with Gasteiger partial charge >= 0.3 is 5.97 Å². The third-order valence-corrected chi connectivity index (χ3v) is 9.63. The van der Waals surface area contributed by atoms with E-state index in [4.69, 9.17) is 4.74 Å². The number of hydrogen-bond donors (Lipinski definition) is 6. The normalized spacial score (nSPS) is 12.5. The summed E-state index contributed by atoms with van der Waals surface area (Å²) in [5, 5.41) is 13.7. The molecule has 0 saturated carbocycles. The van der Waals surface area contributed by atoms with Gasteiger partial charge in [0.2, 0.25) is 17.7 Å². The number of cyclic esters (lactones) is 1. The molecule has 0 spiro atoms. The standard InChI is InChI=1S/C37H49N5O8S2/c1-26(21-41-34(45)25-51)40-22-33(44)42-23-32(43)38-19-9-7-5-3-4-6-8-10-20-39-36(46)29-13-11-28(12-14-29)35-31(24-50-37(35)47)27-15-17-30(18-16-27)52(2,48)49/h11-18,40,51H,1,3-10,19-25H2,2H3,(H,38,43)(H,39,46)(H,41,45)(H,42,44). The van der Waals surface area contributed by atoms with Crippen LogP contribution in [0.15, 0.2) is 65.7 Å². The van der Waals surface area contributed by atoms with E-state index in [1.54, 1.807) is 36.4 Å². The summed E-state index contributed by atoms with van der Waals surface area (Å²) in [4.78, 5) is 60.5. The first-order chi connectivity index (χ1) is 24.9. The van der Waals surface area contributed by atoms with Crippen LogP contribution >= 0.6 is 12.6 Å². The van der Waals surface area contributed by atoms with Gasteiger partial charge < -0.3 is 31.3 Å². The molecular formula is C37H49N5O8S2. The average Bonchev–Trinajstić information content (AvgIpc) is 3.52. The molecule has 0 aliphatic carbocycles. The Morgan fingerprint density at radius 1 is 0.692 bits per heavy atom. The highest BCUT2D eigenvalue weighted by atomic mass is 32.2. The molecule has 4 amide bonds. The minimum absolute atomic E-state index is 0.0503. The molecule has 0 bridgehead atoms. The van der Waals surface area contributed by atoms with Gasteiger partial charge in [-0.15, -0.1) is 0 Å². The zero-order valence-electron chi connectivity index (χ0n) is 29.6. The summed E-state index contributed by atoms with van der Waals surface area (Å²) in [6.07, 6.45) is 9.18. The van der Waals surface area contributed by atoms with E-state index >= 15 is 0 Å². The molecule has 0 atom stereocenters. The van der Waals surface area contributed by atoms with Crippen molar-refractivity contribution >= 4 is 63.2 Å². The molecule has 13 nitrogen and oxygen atoms in total. The third-order valence-electron chi connectivity index (χ3n) is 8.22. The fourth-order valence-corrected chi connectivity index (χ4v) is 6.03. The van der Waals surface area contributed by atoms with Crippen molar-refractivity contribution in [1.29, 1.82) is 0 Å². The number of benzene rings is 2. The predicted molar refractivity (Wildman–Crippen MR) is 203 cm³/mol. The third kappa shape index (κ3) is 14.5. The Kier molecular flexibility index (Phi) is 17.4. The highest BCUT2D eigenvalue weighted by molar-refractivity contribution is 7.90. The molecular weight excluding hydrogens is 707 g/mol. The second-order valence-corrected chi connectivity index (χ2v) is 14.7. The molecule has 0 radical (unpaired) electrons. The predicted octanol–water partition coefficient (Wildman–Crippen LogP) is 2.79. The van der Waals surface area contributed by atoms with Crippen LogP contribution in [0.4, 0.5) is 0 Å². The maximum absolute atomic E-state index is 12.7. The Balaban J connectivity index is 1.22. The van der Waals surface area contributed by atoms with E-state index in [9.17, 15) is 32.4 Å². The van der Waals surface area contributed by atoms with Crippen molar-refractivity contribution in [2.24, 2.45) is 0 Å². The van der Waals surface area contributed by atoms with Crippen molar-refractivity contribution in [1.82, 2.24) is 26.6 Å². The van der Waals surface area contributed by atoms with Crippen LogP contribution in [0, 0.1) is 0 Å². The van der Waals surface area contributed by atoms with Crippen molar-refractivity contribution in [2.75, 3.05) is 51.3 Å². The topological polar surface area (TPSA) is 189 Å². The summed E-state index contributed by atoms with van der Waals surface area (Å²) in [5.74, 6) is -1.43. The molecule has 3 rings (SSSR count). The van der Waals surface area contributed by atoms with Crippen LogP contribution in [0.1, 0.15) is 72.9 Å². The van der Waals surface area contributed by atoms with Crippen LogP contribution in [-0.4, -0.2) is 89.4 Å². The van der Waals surface area contributed by atoms with Gasteiger partial charge in [-0.25, -0.2) is 13.2 Å². The highest BCUT2D eigenvalue weighted by Crippen LogP contribution is 2.33. The summed E-state index contributed by atoms with van der Waals surface area (Å²) in [6, 6.07) is 13.1. The number of nitrogens with one attached hydrogen (secondary N) is 5. The van der Waals surface area contributed by atoms with E-state index in [-0.39, 0.29) is 60.5 Å². The summed E-state index contributed by atoms with van der Waals surface area (Å²) in [5.41, 5.74) is 3.34. The fraction of sp³-hybridized carbons (Fsp3) is 0.432. The number of ether oxygens (including phenoxy) is 1. The first-order valence-corrected chi connectivity index (χ1v) is 19.8. The smallest absolute Gasteiger partial charge is 0.339 e. The molecule has 5 N–H and O–H groups in total. The van der Waals surface area contributed by atoms with Gasteiger partial charge in [0, 0.05) is 36.2 Å². The van der Waals surface area contributed by atoms with Gasteiger partial charge in [-0.1, -0.05) is 69.4 Å². The largest absolute Gasteiger partial charge is 0.457 e. The number of sulfone groups is 1. The Labute approximate surface area is 311 Å². The van der Waals surface area contributed by atoms with Crippen molar-refractivity contribution in [3.63, 3.8) is 0 Å². The van der Waals surface area contributed by atoms with Crippen LogP contribution in [0.25, 0.3) is 11.1 Å². The second kappa shape index (κ2) is 21.7. The van der Waals surface area contributed by atoms with E-state index in [0.717, 1.165) is 57.6 Å². The molecule has 2 aromatic carbocycles. The molecule has 15 heteroatoms. The van der Waals surface area contributed by atoms with Crippen molar-refractivity contribution in [3.05, 3.63) is 77.5 Å². The van der Waals surface area contributed by atoms with E-state index < -0.39 is 15.8 Å². The Bertz CT molecular complexity index is 1710. The zero-order chi connectivity index (χ0) is 37.9. The number of thiol groups is 1. The Morgan fingerprint density at radius 2 is 1.21 bits per heavy atom. The summed E-state index contributed by atoms with van der Waals surface area (Å²) >= 11 is 3.86. The number of carbonyl (C=O) groups is 5. The number of esters is 1. The lowest BCUT2D eigenvalue weighted by Gasteiger charge is -2.11. The number of hydrogen-bond acceptors (Lipinski definition) is 10. The molecule has 282 valence electrons. The number of carbonyl (C=O) groups excluding carboxylic acids is 5. The van der Waals surface area contributed by atoms with Crippen LogP contribution in [0.3, 0.4) is 0 Å². The maximum atomic E-state index is 12.7. The molecule has 2 aromatic rings. The molecule has 0 saturated heterocycles. The van der Waals surface area contributed by atoms with Crippen LogP contribution in [0.5, 0.6) is 0 Å². The minimum atomic E-state index is -3.34. The van der Waals surface area contributed by atoms with E-state index in [1.807, 2.05) is 0 Å². The second-order valence-electron chi connectivity index (χ2n) is 12.4. The van der Waals surface area contributed by atoms with E-state index in [2.05, 4.69) is 45.8 Å². The van der Waals surface area contributed by atoms with Gasteiger partial charge in [0.25, 0.3) is 5.91 Å². The Morgan fingerprint density at radius 3 is 1.81 bits per heavy atom. The summed E-state index contributed by atoms with van der Waals surface area (Å²) < 4.78 is 28.9. The fourth-order valence-electron chi connectivity index (χ4n) is 5.29. The summed E-state index contributed by atoms with van der Waals surface area (Å²) in [7, 11) is -3.34. The van der Waals surface area contributed by atoms with E-state index in [1.165, 1.54) is 12.1 Å². The molecule has 0 aromatic heterocycles. The monoisotopic (exact) mass is 755 g/mol. The summed E-state index contributed by atoms with van der Waals surface area (Å²) in [6.45, 7) is 4.94. The van der Waals surface area contributed by atoms with Gasteiger partial charge in [0.15, 0.2) is 9.84 Å². The first kappa shape index (κ1) is 41.8. The zero-order valence-corrected chi connectivity index (χ0v) is 31.3. The van der Waals surface area contributed by atoms with Crippen LogP contribution in [-0.2, 0) is 33.8 Å². The average molecular weight is 756 g/mol. The lowest BCUT2D eigenvalue weighted by atomic mass is 9.96. The SMILES string of the molecule is C=C(CNC(=O)CS)NCC(=O)NCC(=O)NCCCCCCCCCCNC(=O)c1ccc(C2=C(c3ccc(S(C)(=O)=O)cc3)COC2=O)cc1. The molecule has 0 unspecified atom stereocenters. The van der Waals surface area contributed by atoms with Gasteiger partial charge in [0.05, 0.1) is 35.9 Å². The van der Waals surface area contributed by atoms with Gasteiger partial charge in [-0.3, -0.25) is 19.2 Å². The van der Waals surface area contributed by atoms with Gasteiger partial charge in [0.1, 0.15) is 6.61 Å². The molecule has 0 fully saturated rings. The lowest BCUT2D eigenvalue weighted by Crippen LogP contribution is -2.41. The Hall–Kier alpha value is -4.63. The number of rotatable bonds is 23.